The first-order chi connectivity index (χ1) is 21.5. The first-order valence-electron chi connectivity index (χ1n) is 15.1. The van der Waals surface area contributed by atoms with Crippen molar-refractivity contribution in [1.29, 1.82) is 0 Å². The number of para-hydroxylation sites is 3. The van der Waals surface area contributed by atoms with E-state index in [1.54, 1.807) is 0 Å². The van der Waals surface area contributed by atoms with Crippen LogP contribution >= 0.6 is 0 Å². The van der Waals surface area contributed by atoms with Crippen molar-refractivity contribution in [1.82, 2.24) is 14.7 Å². The zero-order valence-corrected chi connectivity index (χ0v) is 24.7. The smallest absolute Gasteiger partial charge is 0.179 e. The van der Waals surface area contributed by atoms with Crippen molar-refractivity contribution in [2.45, 2.75) is 19.9 Å². The van der Waals surface area contributed by atoms with E-state index in [1.165, 1.54) is 23.3 Å². The molecule has 1 unspecified atom stereocenters. The highest BCUT2D eigenvalue weighted by Crippen LogP contribution is 2.48. The van der Waals surface area contributed by atoms with Gasteiger partial charge in [-0.3, -0.25) is 0 Å². The Labute approximate surface area is 256 Å². The molecular weight excluding hydrogens is 549 g/mol. The summed E-state index contributed by atoms with van der Waals surface area (Å²) in [5, 5.41) is 5.06. The number of halogens is 1. The monoisotopic (exact) mass is 581 g/mol. The fourth-order valence-corrected chi connectivity index (χ4v) is 6.64. The van der Waals surface area contributed by atoms with Gasteiger partial charge in [-0.2, -0.15) is 5.10 Å². The quantitative estimate of drug-likeness (QED) is 0.227. The van der Waals surface area contributed by atoms with Gasteiger partial charge in [0, 0.05) is 37.4 Å². The number of anilines is 2. The van der Waals surface area contributed by atoms with Crippen LogP contribution in [-0.4, -0.2) is 52.5 Å². The lowest BCUT2D eigenvalue weighted by molar-refractivity contribution is 0.389. The summed E-state index contributed by atoms with van der Waals surface area (Å²) in [6.07, 6.45) is 0. The van der Waals surface area contributed by atoms with Crippen LogP contribution in [-0.2, 0) is 0 Å². The van der Waals surface area contributed by atoms with Gasteiger partial charge in [0.1, 0.15) is 5.82 Å². The average Bonchev–Trinajstić information content (AvgIpc) is 3.40. The van der Waals surface area contributed by atoms with E-state index in [-0.39, 0.29) is 11.9 Å². The second-order valence-corrected chi connectivity index (χ2v) is 11.6. The van der Waals surface area contributed by atoms with Crippen molar-refractivity contribution in [2.24, 2.45) is 9.98 Å². The molecule has 7 nitrogen and oxygen atoms in total. The standard InChI is InChI=1S/C36H32FN7/c1-24-9-8-10-26(23-24)33-32-25(2)40-44(29-11-4-3-5-12-29)34(32)39-36-35(38-30-13-6-7-14-31(30)43(33)36)42-21-19-41(20-22-42)28-17-15-27(37)16-18-28/h3-18,23,33H,19-22H2,1-2H3. The Hall–Kier alpha value is -5.24. The molecule has 1 aromatic heterocycles. The molecule has 0 N–H and O–H groups in total. The van der Waals surface area contributed by atoms with Gasteiger partial charge in [-0.25, -0.2) is 19.1 Å². The van der Waals surface area contributed by atoms with E-state index >= 15 is 0 Å². The molecule has 3 aliphatic rings. The normalized spacial score (nSPS) is 17.4. The summed E-state index contributed by atoms with van der Waals surface area (Å²) in [5.74, 6) is 2.31. The summed E-state index contributed by atoms with van der Waals surface area (Å²) < 4.78 is 15.6. The van der Waals surface area contributed by atoms with Crippen molar-refractivity contribution < 1.29 is 4.39 Å². The zero-order valence-electron chi connectivity index (χ0n) is 24.7. The molecule has 0 saturated carbocycles. The number of hydrogen-bond donors (Lipinski definition) is 0. The minimum atomic E-state index is -0.217. The van der Waals surface area contributed by atoms with Crippen LogP contribution in [0.3, 0.4) is 0 Å². The lowest BCUT2D eigenvalue weighted by Crippen LogP contribution is -2.55. The van der Waals surface area contributed by atoms with Crippen molar-refractivity contribution in [3.63, 3.8) is 0 Å². The lowest BCUT2D eigenvalue weighted by Gasteiger charge is -2.44. The Kier molecular flexibility index (Phi) is 6.29. The minimum absolute atomic E-state index is 0.137. The summed E-state index contributed by atoms with van der Waals surface area (Å²) >= 11 is 0. The van der Waals surface area contributed by atoms with E-state index in [2.05, 4.69) is 83.1 Å². The average molecular weight is 582 g/mol. The first-order valence-corrected chi connectivity index (χ1v) is 15.1. The Morgan fingerprint density at radius 2 is 1.41 bits per heavy atom. The van der Waals surface area contributed by atoms with E-state index in [9.17, 15) is 4.39 Å². The van der Waals surface area contributed by atoms with Gasteiger partial charge < -0.3 is 14.7 Å². The molecule has 44 heavy (non-hydrogen) atoms. The summed E-state index contributed by atoms with van der Waals surface area (Å²) in [4.78, 5) is 17.7. The third-order valence-corrected chi connectivity index (χ3v) is 8.75. The zero-order chi connectivity index (χ0) is 29.8. The number of nitrogens with zero attached hydrogens (tertiary/aromatic N) is 7. The fourth-order valence-electron chi connectivity index (χ4n) is 6.64. The van der Waals surface area contributed by atoms with Gasteiger partial charge in [0.05, 0.1) is 28.8 Å². The topological polar surface area (TPSA) is 52.3 Å². The maximum Gasteiger partial charge on any atom is 0.179 e. The van der Waals surface area contributed by atoms with Crippen LogP contribution in [0.5, 0.6) is 0 Å². The molecule has 1 saturated heterocycles. The molecule has 1 atom stereocenters. The van der Waals surface area contributed by atoms with Gasteiger partial charge in [-0.1, -0.05) is 60.2 Å². The fraction of sp³-hybridized carbons (Fsp3) is 0.194. The number of rotatable bonds is 3. The van der Waals surface area contributed by atoms with Gasteiger partial charge in [0.2, 0.25) is 0 Å². The lowest BCUT2D eigenvalue weighted by atomic mass is 9.92. The van der Waals surface area contributed by atoms with Crippen LogP contribution in [0.1, 0.15) is 28.4 Å². The van der Waals surface area contributed by atoms with E-state index in [1.807, 2.05) is 41.1 Å². The number of aryl methyl sites for hydroxylation is 2. The summed E-state index contributed by atoms with van der Waals surface area (Å²) in [5.41, 5.74) is 8.41. The number of hydrogen-bond acceptors (Lipinski definition) is 6. The SMILES string of the molecule is Cc1cccc(C2c3c(C)nn(-c4ccccc4)c3N=C3C(N4CCN(c5ccc(F)cc5)CC4)=Nc4ccccc4N32)c1. The van der Waals surface area contributed by atoms with Gasteiger partial charge in [-0.15, -0.1) is 0 Å². The second kappa shape index (κ2) is 10.5. The van der Waals surface area contributed by atoms with Gasteiger partial charge in [0.25, 0.3) is 0 Å². The molecule has 3 aliphatic heterocycles. The predicted molar refractivity (Wildman–Crippen MR) is 175 cm³/mol. The van der Waals surface area contributed by atoms with Gasteiger partial charge in [0.15, 0.2) is 17.5 Å². The molecule has 8 rings (SSSR count). The molecule has 0 aliphatic carbocycles. The molecule has 218 valence electrons. The summed E-state index contributed by atoms with van der Waals surface area (Å²) in [7, 11) is 0. The second-order valence-electron chi connectivity index (χ2n) is 11.6. The Morgan fingerprint density at radius 3 is 2.18 bits per heavy atom. The van der Waals surface area contributed by atoms with Crippen LogP contribution in [0.2, 0.25) is 0 Å². The highest BCUT2D eigenvalue weighted by molar-refractivity contribution is 6.48. The van der Waals surface area contributed by atoms with Crippen molar-refractivity contribution in [3.8, 4) is 5.69 Å². The van der Waals surface area contributed by atoms with Gasteiger partial charge >= 0.3 is 0 Å². The van der Waals surface area contributed by atoms with E-state index in [0.717, 1.165) is 77.7 Å². The van der Waals surface area contributed by atoms with E-state index in [4.69, 9.17) is 15.1 Å². The van der Waals surface area contributed by atoms with Crippen LogP contribution in [0, 0.1) is 19.7 Å². The Balaban J connectivity index is 1.28. The third-order valence-electron chi connectivity index (χ3n) is 8.75. The molecule has 0 bridgehead atoms. The van der Waals surface area contributed by atoms with Crippen LogP contribution in [0.25, 0.3) is 5.69 Å². The number of amidine groups is 2. The number of aromatic nitrogens is 2. The highest BCUT2D eigenvalue weighted by Gasteiger charge is 2.43. The third kappa shape index (κ3) is 4.37. The summed E-state index contributed by atoms with van der Waals surface area (Å²) in [6, 6.07) is 33.9. The van der Waals surface area contributed by atoms with Crippen LogP contribution in [0.4, 0.5) is 27.3 Å². The number of aliphatic imine (C=N–C) groups is 2. The molecule has 8 heteroatoms. The molecule has 0 spiro atoms. The highest BCUT2D eigenvalue weighted by atomic mass is 19.1. The predicted octanol–water partition coefficient (Wildman–Crippen LogP) is 7.13. The molecule has 0 amide bonds. The summed E-state index contributed by atoms with van der Waals surface area (Å²) in [6.45, 7) is 7.36. The molecule has 1 fully saturated rings. The van der Waals surface area contributed by atoms with Crippen molar-refractivity contribution in [2.75, 3.05) is 36.0 Å². The molecule has 5 aromatic rings. The van der Waals surface area contributed by atoms with E-state index < -0.39 is 0 Å². The van der Waals surface area contributed by atoms with Gasteiger partial charge in [-0.05, 0) is 67.9 Å². The minimum Gasteiger partial charge on any atom is -0.368 e. The maximum absolute atomic E-state index is 13.6. The molecular formula is C36H32FN7. The number of fused-ring (bicyclic) bond motifs is 4. The number of benzene rings is 4. The maximum atomic E-state index is 13.6. The van der Waals surface area contributed by atoms with Crippen molar-refractivity contribution >= 4 is 34.6 Å². The molecule has 4 heterocycles. The van der Waals surface area contributed by atoms with Crippen molar-refractivity contribution in [3.05, 3.63) is 131 Å². The Bertz CT molecular complexity index is 1920. The number of piperazine rings is 1. The van der Waals surface area contributed by atoms with Crippen LogP contribution < -0.4 is 9.80 Å². The van der Waals surface area contributed by atoms with Crippen LogP contribution in [0.15, 0.2) is 113 Å². The largest absolute Gasteiger partial charge is 0.368 e. The Morgan fingerprint density at radius 1 is 0.682 bits per heavy atom. The first kappa shape index (κ1) is 26.4. The molecule has 4 aromatic carbocycles. The van der Waals surface area contributed by atoms with E-state index in [0.29, 0.717) is 0 Å². The molecule has 0 radical (unpaired) electrons.